The van der Waals surface area contributed by atoms with Crippen molar-refractivity contribution >= 4 is 43.6 Å². The molecule has 3 atom stereocenters. The molecule has 2 aromatic heterocycles. The molecule has 8 rings (SSSR count). The maximum absolute atomic E-state index is 11.8. The molecule has 1 fully saturated rings. The lowest BCUT2D eigenvalue weighted by molar-refractivity contribution is -0.709. The standard InChI is InChI=1S/C34H31N2O3/c1-17-11-13-20-19(15-17)12-14-23-27-29-24-16-25(33(3,4)5)21-9-7-8-10-22(21)26(24)28-31(34(28,37)38-6)36(29)18(2)35-32(27)39-30(20)23/h7-16,28,31,37H,1-6H3/q+1. The van der Waals surface area contributed by atoms with Crippen LogP contribution in [0.25, 0.3) is 54.9 Å². The van der Waals surface area contributed by atoms with Crippen LogP contribution in [-0.2, 0) is 10.2 Å². The van der Waals surface area contributed by atoms with Crippen molar-refractivity contribution in [2.75, 3.05) is 7.11 Å². The fraction of sp³-hybridized carbons (Fsp3) is 0.294. The third-order valence-electron chi connectivity index (χ3n) is 9.04. The summed E-state index contributed by atoms with van der Waals surface area (Å²) in [5, 5.41) is 18.5. The summed E-state index contributed by atoms with van der Waals surface area (Å²) in [5.41, 5.74) is 7.20. The molecule has 194 valence electrons. The molecule has 0 bridgehead atoms. The van der Waals surface area contributed by atoms with E-state index in [9.17, 15) is 5.11 Å². The number of aliphatic hydroxyl groups is 1. The lowest BCUT2D eigenvalue weighted by Gasteiger charge is -2.26. The monoisotopic (exact) mass is 515 g/mol. The third-order valence-corrected chi connectivity index (χ3v) is 9.04. The number of aryl methyl sites for hydroxylation is 2. The third kappa shape index (κ3) is 2.82. The summed E-state index contributed by atoms with van der Waals surface area (Å²) in [6.07, 6.45) is 0. The van der Waals surface area contributed by atoms with Crippen LogP contribution in [0.2, 0.25) is 0 Å². The van der Waals surface area contributed by atoms with Crippen LogP contribution in [0.3, 0.4) is 0 Å². The molecule has 5 nitrogen and oxygen atoms in total. The molecule has 0 radical (unpaired) electrons. The van der Waals surface area contributed by atoms with Gasteiger partial charge in [-0.05, 0) is 56.7 Å². The highest BCUT2D eigenvalue weighted by Gasteiger charge is 2.74. The summed E-state index contributed by atoms with van der Waals surface area (Å²) in [6.45, 7) is 10.9. The molecule has 4 aromatic carbocycles. The van der Waals surface area contributed by atoms with Crippen molar-refractivity contribution in [1.29, 1.82) is 0 Å². The summed E-state index contributed by atoms with van der Waals surface area (Å²) in [4.78, 5) is 4.96. The van der Waals surface area contributed by atoms with Crippen molar-refractivity contribution in [3.63, 3.8) is 0 Å². The van der Waals surface area contributed by atoms with E-state index in [0.717, 1.165) is 49.8 Å². The van der Waals surface area contributed by atoms with Gasteiger partial charge in [0.1, 0.15) is 11.0 Å². The average molecular weight is 516 g/mol. The zero-order chi connectivity index (χ0) is 27.0. The number of rotatable bonds is 1. The van der Waals surface area contributed by atoms with Crippen LogP contribution in [-0.4, -0.2) is 23.0 Å². The van der Waals surface area contributed by atoms with Gasteiger partial charge in [0, 0.05) is 30.4 Å². The number of aromatic nitrogens is 2. The maximum atomic E-state index is 11.8. The Balaban J connectivity index is 1.59. The van der Waals surface area contributed by atoms with Gasteiger partial charge in [0.05, 0.1) is 5.92 Å². The highest BCUT2D eigenvalue weighted by molar-refractivity contribution is 6.18. The Hall–Kier alpha value is -3.80. The molecule has 0 spiro atoms. The molecule has 0 saturated heterocycles. The van der Waals surface area contributed by atoms with Gasteiger partial charge in [-0.1, -0.05) is 74.9 Å². The summed E-state index contributed by atoms with van der Waals surface area (Å²) in [7, 11) is 1.60. The van der Waals surface area contributed by atoms with E-state index >= 15 is 0 Å². The van der Waals surface area contributed by atoms with Crippen LogP contribution in [0.1, 0.15) is 55.2 Å². The first kappa shape index (κ1) is 23.1. The second kappa shape index (κ2) is 7.23. The molecule has 3 unspecified atom stereocenters. The topological polar surface area (TPSA) is 59.4 Å². The Bertz CT molecular complexity index is 2050. The molecule has 5 heteroatoms. The van der Waals surface area contributed by atoms with Crippen LogP contribution in [0.5, 0.6) is 0 Å². The number of nitrogens with zero attached hydrogens (tertiary/aromatic N) is 2. The van der Waals surface area contributed by atoms with Gasteiger partial charge in [-0.2, -0.15) is 0 Å². The van der Waals surface area contributed by atoms with Gasteiger partial charge in [-0.3, -0.25) is 0 Å². The van der Waals surface area contributed by atoms with E-state index in [4.69, 9.17) is 14.1 Å². The van der Waals surface area contributed by atoms with E-state index in [1.165, 1.54) is 21.9 Å². The number of hydrogen-bond donors (Lipinski definition) is 1. The minimum Gasteiger partial charge on any atom is -0.418 e. The average Bonchev–Trinajstić information content (AvgIpc) is 3.34. The van der Waals surface area contributed by atoms with E-state index in [0.29, 0.717) is 5.71 Å². The van der Waals surface area contributed by atoms with Crippen LogP contribution < -0.4 is 4.57 Å². The van der Waals surface area contributed by atoms with Crippen molar-refractivity contribution in [2.45, 2.75) is 57.8 Å². The SMILES string of the molecule is COC1(O)C2c3c(cc(C(C)(C)C)c4ccccc34)-c3c4c(nc(C)[n+]3C21)oc1c2ccc(C)cc2ccc14. The molecule has 39 heavy (non-hydrogen) atoms. The maximum Gasteiger partial charge on any atom is 0.346 e. The molecule has 3 heterocycles. The molecule has 1 aliphatic carbocycles. The number of fused-ring (bicyclic) bond motifs is 14. The summed E-state index contributed by atoms with van der Waals surface area (Å²) in [6, 6.07) is 21.5. The Kier molecular flexibility index (Phi) is 4.29. The number of ether oxygens (including phenoxy) is 1. The van der Waals surface area contributed by atoms with E-state index in [1.807, 2.05) is 6.92 Å². The Morgan fingerprint density at radius 1 is 0.949 bits per heavy atom. The molecule has 2 aliphatic rings. The molecule has 1 aliphatic heterocycles. The van der Waals surface area contributed by atoms with E-state index in [1.54, 1.807) is 7.11 Å². The first-order valence-corrected chi connectivity index (χ1v) is 13.6. The number of hydrogen-bond acceptors (Lipinski definition) is 4. The fourth-order valence-corrected chi connectivity index (χ4v) is 7.22. The highest BCUT2D eigenvalue weighted by atomic mass is 16.6. The predicted molar refractivity (Wildman–Crippen MR) is 154 cm³/mol. The van der Waals surface area contributed by atoms with Crippen LogP contribution in [0.15, 0.2) is 65.1 Å². The molecule has 1 saturated carbocycles. The Labute approximate surface area is 226 Å². The van der Waals surface area contributed by atoms with E-state index < -0.39 is 5.79 Å². The van der Waals surface area contributed by atoms with E-state index in [-0.39, 0.29) is 17.4 Å². The normalized spacial score (nSPS) is 21.9. The smallest absolute Gasteiger partial charge is 0.346 e. The first-order chi connectivity index (χ1) is 18.6. The number of methoxy groups -OCH3 is 1. The quantitative estimate of drug-likeness (QED) is 0.187. The minimum atomic E-state index is -1.30. The van der Waals surface area contributed by atoms with Crippen LogP contribution in [0, 0.1) is 13.8 Å². The van der Waals surface area contributed by atoms with Crippen molar-refractivity contribution < 1.29 is 18.8 Å². The zero-order valence-corrected chi connectivity index (χ0v) is 23.1. The van der Waals surface area contributed by atoms with Crippen molar-refractivity contribution in [1.82, 2.24) is 4.98 Å². The predicted octanol–water partition coefficient (Wildman–Crippen LogP) is 7.14. The summed E-state index contributed by atoms with van der Waals surface area (Å²) in [5.74, 6) is -0.690. The van der Waals surface area contributed by atoms with Gasteiger partial charge in [0.15, 0.2) is 11.7 Å². The fourth-order valence-electron chi connectivity index (χ4n) is 7.22. The first-order valence-electron chi connectivity index (χ1n) is 13.6. The summed E-state index contributed by atoms with van der Waals surface area (Å²) >= 11 is 0. The lowest BCUT2D eigenvalue weighted by atomic mass is 9.79. The van der Waals surface area contributed by atoms with Crippen LogP contribution in [0.4, 0.5) is 0 Å². The highest BCUT2D eigenvalue weighted by Crippen LogP contribution is 2.65. The van der Waals surface area contributed by atoms with Gasteiger partial charge >= 0.3 is 11.5 Å². The summed E-state index contributed by atoms with van der Waals surface area (Å²) < 4.78 is 14.6. The molecular weight excluding hydrogens is 484 g/mol. The van der Waals surface area contributed by atoms with Gasteiger partial charge in [0.2, 0.25) is 5.79 Å². The van der Waals surface area contributed by atoms with Crippen molar-refractivity contribution in [3.05, 3.63) is 83.2 Å². The number of furan rings is 1. The second-order valence-corrected chi connectivity index (χ2v) is 12.4. The van der Waals surface area contributed by atoms with Gasteiger partial charge in [0.25, 0.3) is 0 Å². The van der Waals surface area contributed by atoms with Crippen molar-refractivity contribution in [2.24, 2.45) is 0 Å². The van der Waals surface area contributed by atoms with Gasteiger partial charge < -0.3 is 14.3 Å². The molecule has 1 N–H and O–H groups in total. The lowest BCUT2D eigenvalue weighted by Crippen LogP contribution is -2.44. The largest absolute Gasteiger partial charge is 0.418 e. The van der Waals surface area contributed by atoms with Gasteiger partial charge in [-0.15, -0.1) is 0 Å². The van der Waals surface area contributed by atoms with Crippen LogP contribution >= 0.6 is 0 Å². The molecule has 0 amide bonds. The van der Waals surface area contributed by atoms with Gasteiger partial charge in [-0.25, -0.2) is 4.57 Å². The van der Waals surface area contributed by atoms with E-state index in [2.05, 4.69) is 92.9 Å². The Morgan fingerprint density at radius 2 is 1.69 bits per heavy atom. The Morgan fingerprint density at radius 3 is 2.44 bits per heavy atom. The molecular formula is C34H31N2O3+. The second-order valence-electron chi connectivity index (χ2n) is 12.4. The number of benzene rings is 4. The van der Waals surface area contributed by atoms with Crippen molar-refractivity contribution in [3.8, 4) is 11.3 Å². The zero-order valence-electron chi connectivity index (χ0n) is 23.1. The molecule has 6 aromatic rings. The minimum absolute atomic E-state index is 0.0782.